The number of aryl methyl sites for hydroxylation is 1. The second kappa shape index (κ2) is 4.07. The normalized spacial score (nSPS) is 11.0. The van der Waals surface area contributed by atoms with Crippen LogP contribution in [0, 0.1) is 6.92 Å². The monoisotopic (exact) mass is 182 g/mol. The molecule has 0 saturated heterocycles. The number of aromatic nitrogens is 2. The highest BCUT2D eigenvalue weighted by molar-refractivity contribution is 6.00. The fourth-order valence-electron chi connectivity index (χ4n) is 0.746. The number of nitrogens with zero attached hydrogens (tertiary/aromatic N) is 6. The third-order valence-corrected chi connectivity index (χ3v) is 1.33. The number of rotatable bonds is 3. The summed E-state index contributed by atoms with van der Waals surface area (Å²) in [7, 11) is 0. The lowest BCUT2D eigenvalue weighted by atomic mass is 10.2. The van der Waals surface area contributed by atoms with Crippen molar-refractivity contribution in [2.75, 3.05) is 6.54 Å². The highest BCUT2D eigenvalue weighted by Crippen LogP contribution is 2.02. The van der Waals surface area contributed by atoms with Gasteiger partial charge in [-0.15, -0.1) is 0 Å². The zero-order valence-corrected chi connectivity index (χ0v) is 6.75. The first kappa shape index (κ1) is 9.01. The molecule has 0 radical (unpaired) electrons. The van der Waals surface area contributed by atoms with Crippen LogP contribution < -0.4 is 0 Å². The molecule has 8 heteroatoms. The van der Waals surface area contributed by atoms with Crippen LogP contribution in [0.4, 0.5) is 0 Å². The van der Waals surface area contributed by atoms with E-state index >= 15 is 0 Å². The Balaban J connectivity index is 2.92. The average Bonchev–Trinajstić information content (AvgIpc) is 2.54. The van der Waals surface area contributed by atoms with Crippen LogP contribution in [0.1, 0.15) is 11.4 Å². The van der Waals surface area contributed by atoms with Crippen molar-refractivity contribution in [3.8, 4) is 0 Å². The largest absolute Gasteiger partial charge is 0.411 e. The van der Waals surface area contributed by atoms with E-state index in [2.05, 4.69) is 30.1 Å². The Labute approximate surface area is 72.4 Å². The second-order valence-corrected chi connectivity index (χ2v) is 2.13. The average molecular weight is 182 g/mol. The molecule has 0 fully saturated rings. The zero-order chi connectivity index (χ0) is 9.68. The summed E-state index contributed by atoms with van der Waals surface area (Å²) < 4.78 is 4.38. The molecule has 13 heavy (non-hydrogen) atoms. The first-order valence-electron chi connectivity index (χ1n) is 3.31. The van der Waals surface area contributed by atoms with Crippen LogP contribution in [0.25, 0.3) is 10.4 Å². The molecule has 0 unspecified atom stereocenters. The molecule has 0 aliphatic heterocycles. The van der Waals surface area contributed by atoms with E-state index in [4.69, 9.17) is 10.7 Å². The Morgan fingerprint density at radius 2 is 2.46 bits per heavy atom. The molecule has 68 valence electrons. The van der Waals surface area contributed by atoms with E-state index in [1.165, 1.54) is 0 Å². The maximum Gasteiger partial charge on any atom is 0.155 e. The first-order valence-corrected chi connectivity index (χ1v) is 3.31. The van der Waals surface area contributed by atoms with Gasteiger partial charge in [0.2, 0.25) is 0 Å². The van der Waals surface area contributed by atoms with E-state index in [0.29, 0.717) is 5.69 Å². The summed E-state index contributed by atoms with van der Waals surface area (Å²) in [6.45, 7) is 1.54. The van der Waals surface area contributed by atoms with Crippen molar-refractivity contribution in [3.05, 3.63) is 21.8 Å². The van der Waals surface area contributed by atoms with Gasteiger partial charge in [0.1, 0.15) is 11.4 Å². The van der Waals surface area contributed by atoms with Crippen molar-refractivity contribution in [2.45, 2.75) is 6.92 Å². The van der Waals surface area contributed by atoms with Gasteiger partial charge < -0.3 is 5.21 Å². The minimum absolute atomic E-state index is 0.0952. The third kappa shape index (κ3) is 1.94. The van der Waals surface area contributed by atoms with Crippen LogP contribution in [-0.4, -0.2) is 27.8 Å². The molecule has 8 nitrogen and oxygen atoms in total. The summed E-state index contributed by atoms with van der Waals surface area (Å²) in [5.41, 5.74) is 8.92. The van der Waals surface area contributed by atoms with Crippen LogP contribution in [0.3, 0.4) is 0 Å². The molecule has 1 aromatic rings. The number of azide groups is 1. The first-order chi connectivity index (χ1) is 6.29. The predicted octanol–water partition coefficient (Wildman–Crippen LogP) is 0.867. The zero-order valence-electron chi connectivity index (χ0n) is 6.75. The van der Waals surface area contributed by atoms with Gasteiger partial charge in [-0.1, -0.05) is 15.4 Å². The minimum atomic E-state index is -0.0952. The molecule has 0 aliphatic rings. The van der Waals surface area contributed by atoms with E-state index in [1.54, 1.807) is 6.92 Å². The van der Waals surface area contributed by atoms with Crippen molar-refractivity contribution < 1.29 is 9.84 Å². The van der Waals surface area contributed by atoms with E-state index in [1.807, 2.05) is 0 Å². The van der Waals surface area contributed by atoms with Crippen molar-refractivity contribution >= 4 is 5.71 Å². The van der Waals surface area contributed by atoms with Gasteiger partial charge in [0, 0.05) is 4.91 Å². The summed E-state index contributed by atoms with van der Waals surface area (Å²) in [6.07, 6.45) is 0. The summed E-state index contributed by atoms with van der Waals surface area (Å²) in [5, 5.41) is 21.6. The Kier molecular flexibility index (Phi) is 2.82. The molecule has 1 heterocycles. The number of hydrogen-bond acceptors (Lipinski definition) is 6. The summed E-state index contributed by atoms with van der Waals surface area (Å²) in [6, 6.07) is 0. The Hall–Kier alpha value is -2.08. The van der Waals surface area contributed by atoms with Gasteiger partial charge in [-0.2, -0.15) is 0 Å². The number of hydrogen-bond donors (Lipinski definition) is 1. The van der Waals surface area contributed by atoms with Gasteiger partial charge in [0.25, 0.3) is 0 Å². The molecule has 1 N–H and O–H groups in total. The van der Waals surface area contributed by atoms with Crippen molar-refractivity contribution in [1.82, 2.24) is 10.3 Å². The quantitative estimate of drug-likeness (QED) is 0.186. The van der Waals surface area contributed by atoms with Gasteiger partial charge in [-0.3, -0.25) is 0 Å². The second-order valence-electron chi connectivity index (χ2n) is 2.13. The molecular weight excluding hydrogens is 176 g/mol. The SMILES string of the molecule is Cc1nonc1/C(CN=[N+]=[N-])=N/O. The maximum atomic E-state index is 8.54. The third-order valence-electron chi connectivity index (χ3n) is 1.33. The highest BCUT2D eigenvalue weighted by Gasteiger charge is 2.12. The minimum Gasteiger partial charge on any atom is -0.411 e. The van der Waals surface area contributed by atoms with Gasteiger partial charge in [0.15, 0.2) is 5.69 Å². The van der Waals surface area contributed by atoms with E-state index in [9.17, 15) is 0 Å². The Bertz CT molecular complexity index is 363. The topological polar surface area (TPSA) is 120 Å². The van der Waals surface area contributed by atoms with Gasteiger partial charge in [-0.25, -0.2) is 4.63 Å². The van der Waals surface area contributed by atoms with Gasteiger partial charge in [0.05, 0.1) is 6.54 Å². The standard InChI is InChI=1S/C5H6N6O2/c1-3-5(10-13-9-3)4(8-12)2-7-11-6/h12H,2H2,1H3/b8-4+. The lowest BCUT2D eigenvalue weighted by molar-refractivity contribution is 0.301. The Morgan fingerprint density at radius 3 is 2.92 bits per heavy atom. The molecule has 0 atom stereocenters. The predicted molar refractivity (Wildman–Crippen MR) is 41.4 cm³/mol. The Morgan fingerprint density at radius 1 is 1.69 bits per heavy atom. The molecular formula is C5H6N6O2. The molecule has 0 saturated carbocycles. The van der Waals surface area contributed by atoms with Crippen molar-refractivity contribution in [2.24, 2.45) is 10.3 Å². The summed E-state index contributed by atoms with van der Waals surface area (Å²) >= 11 is 0. The lowest BCUT2D eigenvalue weighted by Crippen LogP contribution is -2.07. The van der Waals surface area contributed by atoms with Gasteiger partial charge >= 0.3 is 0 Å². The van der Waals surface area contributed by atoms with Crippen LogP contribution in [-0.2, 0) is 0 Å². The summed E-state index contributed by atoms with van der Waals surface area (Å²) in [4.78, 5) is 2.52. The van der Waals surface area contributed by atoms with Crippen LogP contribution in [0.5, 0.6) is 0 Å². The molecule has 0 spiro atoms. The molecule has 0 bridgehead atoms. The van der Waals surface area contributed by atoms with Gasteiger partial charge in [-0.05, 0) is 17.6 Å². The van der Waals surface area contributed by atoms with Crippen molar-refractivity contribution in [1.29, 1.82) is 0 Å². The van der Waals surface area contributed by atoms with E-state index < -0.39 is 0 Å². The lowest BCUT2D eigenvalue weighted by Gasteiger charge is -1.93. The van der Waals surface area contributed by atoms with E-state index in [-0.39, 0.29) is 18.0 Å². The smallest absolute Gasteiger partial charge is 0.155 e. The fourth-order valence-corrected chi connectivity index (χ4v) is 0.746. The molecule has 0 aliphatic carbocycles. The van der Waals surface area contributed by atoms with Crippen LogP contribution in [0.15, 0.2) is 14.9 Å². The van der Waals surface area contributed by atoms with E-state index in [0.717, 1.165) is 0 Å². The molecule has 1 aromatic heterocycles. The molecule has 1 rings (SSSR count). The maximum absolute atomic E-state index is 8.54. The van der Waals surface area contributed by atoms with Crippen LogP contribution >= 0.6 is 0 Å². The van der Waals surface area contributed by atoms with Crippen LogP contribution in [0.2, 0.25) is 0 Å². The van der Waals surface area contributed by atoms with Crippen molar-refractivity contribution in [3.63, 3.8) is 0 Å². The molecule has 0 amide bonds. The highest BCUT2D eigenvalue weighted by atomic mass is 16.6. The fraction of sp³-hybridized carbons (Fsp3) is 0.400. The number of oxime groups is 1. The summed E-state index contributed by atoms with van der Waals surface area (Å²) in [5.74, 6) is 0. The molecule has 0 aromatic carbocycles.